The minimum atomic E-state index is -0.656. The Morgan fingerprint density at radius 1 is 1.09 bits per heavy atom. The normalized spacial score (nSPS) is 17.8. The standard InChI is InChI=1S/C26H23NO6/c1-15(28)32-14-16-6-11-20-19(13-16)23(21-5-3-4-12-27(20)21)24-22(25(29)33-26(24)30)17-7-9-18(31-2)10-8-17/h3-5,7-10,12,16H,6,11,13-14H2,1-2H3. The Bertz CT molecular complexity index is 1310. The molecule has 0 radical (unpaired) electrons. The number of fused-ring (bicyclic) bond motifs is 3. The molecule has 0 bridgehead atoms. The Kier molecular flexibility index (Phi) is 5.24. The highest BCUT2D eigenvalue weighted by Gasteiger charge is 2.39. The third kappa shape index (κ3) is 3.59. The molecule has 5 rings (SSSR count). The largest absolute Gasteiger partial charge is 0.497 e. The van der Waals surface area contributed by atoms with Crippen LogP contribution < -0.4 is 4.74 Å². The predicted molar refractivity (Wildman–Crippen MR) is 120 cm³/mol. The lowest BCUT2D eigenvalue weighted by Crippen LogP contribution is -2.21. The van der Waals surface area contributed by atoms with Crippen LogP contribution in [0, 0.1) is 5.92 Å². The molecular weight excluding hydrogens is 422 g/mol. The Hall–Kier alpha value is -3.87. The van der Waals surface area contributed by atoms with Crippen LogP contribution in [0.25, 0.3) is 16.7 Å². The van der Waals surface area contributed by atoms with Gasteiger partial charge in [0.05, 0.1) is 30.4 Å². The van der Waals surface area contributed by atoms with E-state index in [1.807, 2.05) is 24.4 Å². The van der Waals surface area contributed by atoms with Crippen LogP contribution in [-0.2, 0) is 36.7 Å². The first-order valence-electron chi connectivity index (χ1n) is 10.9. The SMILES string of the molecule is COc1ccc(C2=C(c3c4c(n5ccccc35)CCC(COC(C)=O)C4)C(=O)OC2=O)cc1. The summed E-state index contributed by atoms with van der Waals surface area (Å²) in [5, 5.41) is 0. The van der Waals surface area contributed by atoms with Crippen molar-refractivity contribution in [1.82, 2.24) is 4.40 Å². The number of aromatic nitrogens is 1. The van der Waals surface area contributed by atoms with Crippen LogP contribution in [0.3, 0.4) is 0 Å². The molecule has 3 heterocycles. The van der Waals surface area contributed by atoms with Crippen molar-refractivity contribution >= 4 is 34.6 Å². The number of pyridine rings is 1. The molecular formula is C26H23NO6. The van der Waals surface area contributed by atoms with E-state index in [1.54, 1.807) is 31.4 Å². The molecule has 0 N–H and O–H groups in total. The second-order valence-corrected chi connectivity index (χ2v) is 8.32. The van der Waals surface area contributed by atoms with Crippen LogP contribution in [0.1, 0.15) is 35.7 Å². The summed E-state index contributed by atoms with van der Waals surface area (Å²) in [6.45, 7) is 1.73. The van der Waals surface area contributed by atoms with Gasteiger partial charge in [-0.05, 0) is 60.6 Å². The second kappa shape index (κ2) is 8.24. The fourth-order valence-corrected chi connectivity index (χ4v) is 4.84. The number of hydrogen-bond donors (Lipinski definition) is 0. The van der Waals surface area contributed by atoms with Gasteiger partial charge in [0.25, 0.3) is 0 Å². The first kappa shape index (κ1) is 21.0. The van der Waals surface area contributed by atoms with Crippen molar-refractivity contribution in [3.8, 4) is 5.75 Å². The van der Waals surface area contributed by atoms with Gasteiger partial charge in [-0.15, -0.1) is 0 Å². The number of cyclic esters (lactones) is 2. The van der Waals surface area contributed by atoms with Gasteiger partial charge in [0.1, 0.15) is 5.75 Å². The molecule has 1 aliphatic heterocycles. The summed E-state index contributed by atoms with van der Waals surface area (Å²) in [5.74, 6) is -0.824. The average molecular weight is 445 g/mol. The van der Waals surface area contributed by atoms with Crippen LogP contribution in [-0.4, -0.2) is 36.0 Å². The molecule has 168 valence electrons. The van der Waals surface area contributed by atoms with Gasteiger partial charge >= 0.3 is 17.9 Å². The number of rotatable bonds is 5. The number of benzene rings is 1. The number of ether oxygens (including phenoxy) is 3. The number of carbonyl (C=O) groups excluding carboxylic acids is 3. The zero-order valence-electron chi connectivity index (χ0n) is 18.4. The lowest BCUT2D eigenvalue weighted by molar-refractivity contribution is -0.149. The molecule has 1 aliphatic carbocycles. The fraction of sp³-hybridized carbons (Fsp3) is 0.269. The zero-order valence-corrected chi connectivity index (χ0v) is 18.4. The van der Waals surface area contributed by atoms with Crippen molar-refractivity contribution in [3.05, 3.63) is 71.0 Å². The summed E-state index contributed by atoms with van der Waals surface area (Å²) in [6, 6.07) is 12.8. The van der Waals surface area contributed by atoms with Crippen molar-refractivity contribution in [2.24, 2.45) is 5.92 Å². The van der Waals surface area contributed by atoms with Gasteiger partial charge in [-0.1, -0.05) is 18.2 Å². The molecule has 7 heteroatoms. The van der Waals surface area contributed by atoms with Crippen molar-refractivity contribution in [3.63, 3.8) is 0 Å². The summed E-state index contributed by atoms with van der Waals surface area (Å²) in [5.41, 5.74) is 4.80. The Balaban J connectivity index is 1.70. The summed E-state index contributed by atoms with van der Waals surface area (Å²) in [4.78, 5) is 37.1. The number of hydrogen-bond acceptors (Lipinski definition) is 6. The third-order valence-electron chi connectivity index (χ3n) is 6.33. The number of carbonyl (C=O) groups is 3. The van der Waals surface area contributed by atoms with Gasteiger partial charge in [-0.25, -0.2) is 9.59 Å². The smallest absolute Gasteiger partial charge is 0.347 e. The highest BCUT2D eigenvalue weighted by atomic mass is 16.6. The molecule has 2 aliphatic rings. The molecule has 0 saturated carbocycles. The predicted octanol–water partition coefficient (Wildman–Crippen LogP) is 3.61. The maximum atomic E-state index is 13.0. The Labute approximate surface area is 190 Å². The van der Waals surface area contributed by atoms with E-state index in [1.165, 1.54) is 6.92 Å². The van der Waals surface area contributed by atoms with E-state index in [2.05, 4.69) is 4.40 Å². The van der Waals surface area contributed by atoms with Gasteiger partial charge in [-0.2, -0.15) is 0 Å². The first-order valence-corrected chi connectivity index (χ1v) is 10.9. The molecule has 7 nitrogen and oxygen atoms in total. The number of esters is 3. The van der Waals surface area contributed by atoms with Gasteiger partial charge in [0.15, 0.2) is 0 Å². The highest BCUT2D eigenvalue weighted by Crippen LogP contribution is 2.42. The van der Waals surface area contributed by atoms with Gasteiger partial charge < -0.3 is 18.6 Å². The van der Waals surface area contributed by atoms with Gasteiger partial charge in [-0.3, -0.25) is 4.79 Å². The van der Waals surface area contributed by atoms with Crippen molar-refractivity contribution < 1.29 is 28.6 Å². The van der Waals surface area contributed by atoms with E-state index in [9.17, 15) is 14.4 Å². The van der Waals surface area contributed by atoms with E-state index in [4.69, 9.17) is 14.2 Å². The Morgan fingerprint density at radius 2 is 1.85 bits per heavy atom. The first-order chi connectivity index (χ1) is 16.0. The molecule has 1 unspecified atom stereocenters. The second-order valence-electron chi connectivity index (χ2n) is 8.32. The molecule has 1 atom stereocenters. The summed E-state index contributed by atoms with van der Waals surface area (Å²) in [6.07, 6.45) is 4.26. The minimum absolute atomic E-state index is 0.135. The van der Waals surface area contributed by atoms with Gasteiger partial charge in [0, 0.05) is 24.4 Å². The van der Waals surface area contributed by atoms with Gasteiger partial charge in [0.2, 0.25) is 0 Å². The molecule has 0 amide bonds. The fourth-order valence-electron chi connectivity index (χ4n) is 4.84. The average Bonchev–Trinajstić information content (AvgIpc) is 3.29. The van der Waals surface area contributed by atoms with Crippen molar-refractivity contribution in [1.29, 1.82) is 0 Å². The lowest BCUT2D eigenvalue weighted by Gasteiger charge is -2.23. The minimum Gasteiger partial charge on any atom is -0.497 e. The van der Waals surface area contributed by atoms with Crippen LogP contribution in [0.15, 0.2) is 48.7 Å². The lowest BCUT2D eigenvalue weighted by atomic mass is 9.83. The number of methoxy groups -OCH3 is 1. The quantitative estimate of drug-likeness (QED) is 0.441. The third-order valence-corrected chi connectivity index (χ3v) is 6.33. The number of aryl methyl sites for hydroxylation is 1. The molecule has 0 fully saturated rings. The highest BCUT2D eigenvalue weighted by molar-refractivity contribution is 6.45. The van der Waals surface area contributed by atoms with Crippen LogP contribution >= 0.6 is 0 Å². The molecule has 1 aromatic carbocycles. The van der Waals surface area contributed by atoms with Crippen molar-refractivity contribution in [2.75, 3.05) is 13.7 Å². The van der Waals surface area contributed by atoms with E-state index in [-0.39, 0.29) is 23.0 Å². The van der Waals surface area contributed by atoms with E-state index >= 15 is 0 Å². The molecule has 33 heavy (non-hydrogen) atoms. The molecule has 3 aromatic rings. The van der Waals surface area contributed by atoms with Crippen LogP contribution in [0.2, 0.25) is 0 Å². The molecule has 2 aromatic heterocycles. The van der Waals surface area contributed by atoms with Crippen molar-refractivity contribution in [2.45, 2.75) is 26.2 Å². The molecule has 0 saturated heterocycles. The topological polar surface area (TPSA) is 83.3 Å². The maximum absolute atomic E-state index is 13.0. The maximum Gasteiger partial charge on any atom is 0.347 e. The Morgan fingerprint density at radius 3 is 2.58 bits per heavy atom. The number of nitrogens with zero attached hydrogens (tertiary/aromatic N) is 1. The zero-order chi connectivity index (χ0) is 23.1. The van der Waals surface area contributed by atoms with Crippen LogP contribution in [0.4, 0.5) is 0 Å². The summed E-state index contributed by atoms with van der Waals surface area (Å²) in [7, 11) is 1.57. The molecule has 0 spiro atoms. The van der Waals surface area contributed by atoms with Crippen LogP contribution in [0.5, 0.6) is 5.75 Å². The van der Waals surface area contributed by atoms with E-state index < -0.39 is 11.9 Å². The van der Waals surface area contributed by atoms with E-state index in [0.29, 0.717) is 24.3 Å². The monoisotopic (exact) mass is 445 g/mol. The van der Waals surface area contributed by atoms with E-state index in [0.717, 1.165) is 35.2 Å². The summed E-state index contributed by atoms with van der Waals surface area (Å²) >= 11 is 0. The summed E-state index contributed by atoms with van der Waals surface area (Å²) < 4.78 is 17.7.